The average Bonchev–Trinajstić information content (AvgIpc) is 2.41. The maximum Gasteiger partial charge on any atom is 0.158 e. The van der Waals surface area contributed by atoms with Crippen LogP contribution >= 0.6 is 0 Å². The van der Waals surface area contributed by atoms with Crippen LogP contribution < -0.4 is 10.2 Å². The van der Waals surface area contributed by atoms with Crippen LogP contribution in [0.5, 0.6) is 0 Å². The Bertz CT molecular complexity index is 424. The number of rotatable bonds is 4. The summed E-state index contributed by atoms with van der Waals surface area (Å²) in [6.07, 6.45) is 2.52. The summed E-state index contributed by atoms with van der Waals surface area (Å²) in [7, 11) is 3.55. The van der Waals surface area contributed by atoms with Crippen molar-refractivity contribution >= 4 is 11.6 Å². The first-order chi connectivity index (χ1) is 9.13. The van der Waals surface area contributed by atoms with E-state index in [2.05, 4.69) is 34.0 Å². The number of anilines is 2. The Balaban J connectivity index is 2.28. The molecule has 0 spiro atoms. The van der Waals surface area contributed by atoms with Crippen LogP contribution in [0.25, 0.3) is 0 Å². The molecule has 1 saturated heterocycles. The number of methoxy groups -OCH3 is 1. The molecule has 0 aromatic carbocycles. The summed E-state index contributed by atoms with van der Waals surface area (Å²) in [5, 5.41) is 3.10. The third-order valence-corrected chi connectivity index (χ3v) is 3.70. The molecule has 2 heterocycles. The number of aromatic nitrogens is 2. The maximum absolute atomic E-state index is 5.15. The molecular weight excluding hydrogens is 240 g/mol. The van der Waals surface area contributed by atoms with Gasteiger partial charge in [-0.2, -0.15) is 0 Å². The van der Waals surface area contributed by atoms with Crippen molar-refractivity contribution in [3.63, 3.8) is 0 Å². The lowest BCUT2D eigenvalue weighted by Gasteiger charge is -2.37. The van der Waals surface area contributed by atoms with Crippen LogP contribution in [-0.2, 0) is 11.3 Å². The van der Waals surface area contributed by atoms with Crippen LogP contribution in [0, 0.1) is 5.92 Å². The normalized spacial score (nSPS) is 23.5. The number of hydrogen-bond donors (Lipinski definition) is 1. The molecule has 5 nitrogen and oxygen atoms in total. The number of ether oxygens (including phenoxy) is 1. The van der Waals surface area contributed by atoms with Crippen LogP contribution in [0.1, 0.15) is 32.5 Å². The fourth-order valence-corrected chi connectivity index (χ4v) is 2.56. The van der Waals surface area contributed by atoms with Gasteiger partial charge in [0, 0.05) is 32.8 Å². The van der Waals surface area contributed by atoms with Crippen molar-refractivity contribution < 1.29 is 4.74 Å². The van der Waals surface area contributed by atoms with E-state index in [0.717, 1.165) is 29.9 Å². The Kier molecular flexibility index (Phi) is 4.58. The van der Waals surface area contributed by atoms with Gasteiger partial charge in [0.2, 0.25) is 0 Å². The number of hydrogen-bond acceptors (Lipinski definition) is 5. The van der Waals surface area contributed by atoms with Crippen molar-refractivity contribution in [1.29, 1.82) is 0 Å². The largest absolute Gasteiger partial charge is 0.377 e. The quantitative estimate of drug-likeness (QED) is 0.904. The van der Waals surface area contributed by atoms with Gasteiger partial charge in [0.15, 0.2) is 5.82 Å². The van der Waals surface area contributed by atoms with Crippen molar-refractivity contribution in [1.82, 2.24) is 9.97 Å². The second kappa shape index (κ2) is 6.19. The summed E-state index contributed by atoms with van der Waals surface area (Å²) in [5.41, 5.74) is 0. The topological polar surface area (TPSA) is 50.3 Å². The van der Waals surface area contributed by atoms with Crippen molar-refractivity contribution in [3.05, 3.63) is 11.9 Å². The molecular formula is C14H24N4O. The Morgan fingerprint density at radius 2 is 2.16 bits per heavy atom. The van der Waals surface area contributed by atoms with Crippen LogP contribution in [0.2, 0.25) is 0 Å². The molecule has 1 aromatic rings. The lowest BCUT2D eigenvalue weighted by Crippen LogP contribution is -2.41. The predicted molar refractivity (Wildman–Crippen MR) is 77.5 cm³/mol. The van der Waals surface area contributed by atoms with E-state index >= 15 is 0 Å². The van der Waals surface area contributed by atoms with E-state index in [-0.39, 0.29) is 0 Å². The van der Waals surface area contributed by atoms with Gasteiger partial charge in [-0.15, -0.1) is 0 Å². The summed E-state index contributed by atoms with van der Waals surface area (Å²) in [6.45, 7) is 6.08. The van der Waals surface area contributed by atoms with Gasteiger partial charge in [-0.3, -0.25) is 0 Å². The van der Waals surface area contributed by atoms with Crippen molar-refractivity contribution in [2.75, 3.05) is 30.9 Å². The van der Waals surface area contributed by atoms with Gasteiger partial charge in [-0.25, -0.2) is 9.97 Å². The highest BCUT2D eigenvalue weighted by Gasteiger charge is 2.24. The van der Waals surface area contributed by atoms with E-state index in [0.29, 0.717) is 12.6 Å². The Morgan fingerprint density at radius 3 is 2.84 bits per heavy atom. The lowest BCUT2D eigenvalue weighted by molar-refractivity contribution is 0.178. The molecule has 1 N–H and O–H groups in total. The number of nitrogens with one attached hydrogen (secondary N) is 1. The van der Waals surface area contributed by atoms with Gasteiger partial charge in [0.25, 0.3) is 0 Å². The summed E-state index contributed by atoms with van der Waals surface area (Å²) in [5.74, 6) is 3.30. The molecule has 106 valence electrons. The lowest BCUT2D eigenvalue weighted by atomic mass is 9.95. The molecule has 0 amide bonds. The molecule has 2 atom stereocenters. The summed E-state index contributed by atoms with van der Waals surface area (Å²) < 4.78 is 5.15. The van der Waals surface area contributed by atoms with Gasteiger partial charge in [0.1, 0.15) is 18.2 Å². The Morgan fingerprint density at radius 1 is 1.37 bits per heavy atom. The highest BCUT2D eigenvalue weighted by molar-refractivity contribution is 5.50. The van der Waals surface area contributed by atoms with Crippen molar-refractivity contribution in [3.8, 4) is 0 Å². The molecule has 2 rings (SSSR count). The van der Waals surface area contributed by atoms with Crippen LogP contribution in [0.3, 0.4) is 0 Å². The first-order valence-electron chi connectivity index (χ1n) is 6.95. The zero-order valence-electron chi connectivity index (χ0n) is 12.3. The van der Waals surface area contributed by atoms with Crippen molar-refractivity contribution in [2.45, 2.75) is 39.3 Å². The monoisotopic (exact) mass is 264 g/mol. The van der Waals surface area contributed by atoms with E-state index < -0.39 is 0 Å². The van der Waals surface area contributed by atoms with Gasteiger partial charge < -0.3 is 15.0 Å². The number of piperidine rings is 1. The van der Waals surface area contributed by atoms with Gasteiger partial charge >= 0.3 is 0 Å². The first kappa shape index (κ1) is 14.1. The van der Waals surface area contributed by atoms with Gasteiger partial charge in [-0.1, -0.05) is 6.92 Å². The molecule has 0 radical (unpaired) electrons. The second-order valence-electron chi connectivity index (χ2n) is 5.39. The molecule has 0 aliphatic carbocycles. The molecule has 1 aliphatic heterocycles. The maximum atomic E-state index is 5.15. The average molecular weight is 264 g/mol. The highest BCUT2D eigenvalue weighted by atomic mass is 16.5. The van der Waals surface area contributed by atoms with Crippen LogP contribution in [-0.4, -0.2) is 36.7 Å². The minimum atomic E-state index is 0.445. The molecule has 5 heteroatoms. The standard InChI is InChI=1S/C14H24N4O/c1-10-5-6-11(2)18(8-10)14-7-12(15-3)16-13(17-14)9-19-4/h7,10-11H,5-6,8-9H2,1-4H3,(H,15,16,17). The molecule has 0 bridgehead atoms. The van der Waals surface area contributed by atoms with E-state index in [9.17, 15) is 0 Å². The number of nitrogens with zero attached hydrogens (tertiary/aromatic N) is 3. The third-order valence-electron chi connectivity index (χ3n) is 3.70. The smallest absolute Gasteiger partial charge is 0.158 e. The minimum Gasteiger partial charge on any atom is -0.377 e. The fourth-order valence-electron chi connectivity index (χ4n) is 2.56. The summed E-state index contributed by atoms with van der Waals surface area (Å²) in [6, 6.07) is 2.56. The van der Waals surface area contributed by atoms with Crippen LogP contribution in [0.4, 0.5) is 11.6 Å². The zero-order valence-corrected chi connectivity index (χ0v) is 12.3. The molecule has 19 heavy (non-hydrogen) atoms. The fraction of sp³-hybridized carbons (Fsp3) is 0.714. The molecule has 1 aliphatic rings. The van der Waals surface area contributed by atoms with Gasteiger partial charge in [-0.05, 0) is 25.7 Å². The Hall–Kier alpha value is -1.36. The SMILES string of the molecule is CNc1cc(N2CC(C)CCC2C)nc(COC)n1. The summed E-state index contributed by atoms with van der Waals surface area (Å²) in [4.78, 5) is 11.4. The van der Waals surface area contributed by atoms with E-state index in [4.69, 9.17) is 4.74 Å². The van der Waals surface area contributed by atoms with E-state index in [1.165, 1.54) is 12.8 Å². The third kappa shape index (κ3) is 3.35. The second-order valence-corrected chi connectivity index (χ2v) is 5.39. The minimum absolute atomic E-state index is 0.445. The van der Waals surface area contributed by atoms with E-state index in [1.807, 2.05) is 13.1 Å². The molecule has 1 aromatic heterocycles. The Labute approximate surface area is 115 Å². The first-order valence-corrected chi connectivity index (χ1v) is 6.95. The highest BCUT2D eigenvalue weighted by Crippen LogP contribution is 2.27. The predicted octanol–water partition coefficient (Wildman–Crippen LogP) is 2.29. The van der Waals surface area contributed by atoms with Crippen LogP contribution in [0.15, 0.2) is 6.07 Å². The van der Waals surface area contributed by atoms with Gasteiger partial charge in [0.05, 0.1) is 0 Å². The molecule has 0 saturated carbocycles. The molecule has 1 fully saturated rings. The summed E-state index contributed by atoms with van der Waals surface area (Å²) >= 11 is 0. The van der Waals surface area contributed by atoms with E-state index in [1.54, 1.807) is 7.11 Å². The zero-order chi connectivity index (χ0) is 13.8. The molecule has 2 unspecified atom stereocenters. The van der Waals surface area contributed by atoms with Crippen molar-refractivity contribution in [2.24, 2.45) is 5.92 Å².